The van der Waals surface area contributed by atoms with E-state index in [4.69, 9.17) is 11.6 Å². The molecule has 0 saturated heterocycles. The van der Waals surface area contributed by atoms with Crippen LogP contribution in [0.3, 0.4) is 0 Å². The second kappa shape index (κ2) is 6.62. The minimum atomic E-state index is -0.120. The lowest BCUT2D eigenvalue weighted by Gasteiger charge is -2.16. The lowest BCUT2D eigenvalue weighted by atomic mass is 10.1. The molecule has 3 nitrogen and oxygen atoms in total. The number of amides is 1. The van der Waals surface area contributed by atoms with Gasteiger partial charge in [0.25, 0.3) is 5.91 Å². The first-order chi connectivity index (χ1) is 11.4. The summed E-state index contributed by atoms with van der Waals surface area (Å²) in [6, 6.07) is 15.3. The minimum Gasteiger partial charge on any atom is -0.345 e. The highest BCUT2D eigenvalue weighted by molar-refractivity contribution is 6.30. The molecule has 0 fully saturated rings. The standard InChI is InChI=1S/C20H19ClN2O/c1-12-4-9-19-16(10-12)11-18(14(3)22-19)20(24)23-13(2)15-5-7-17(21)8-6-15/h4-11,13H,1-3H3,(H,23,24). The van der Waals surface area contributed by atoms with Crippen LogP contribution >= 0.6 is 11.6 Å². The van der Waals surface area contributed by atoms with E-state index in [2.05, 4.69) is 10.3 Å². The number of carbonyl (C=O) groups excluding carboxylic acids is 1. The Bertz CT molecular complexity index is 903. The summed E-state index contributed by atoms with van der Waals surface area (Å²) in [7, 11) is 0. The van der Waals surface area contributed by atoms with E-state index in [0.29, 0.717) is 10.6 Å². The number of aromatic nitrogens is 1. The van der Waals surface area contributed by atoms with E-state index in [1.807, 2.05) is 69.3 Å². The van der Waals surface area contributed by atoms with Gasteiger partial charge < -0.3 is 5.32 Å². The smallest absolute Gasteiger partial charge is 0.253 e. The summed E-state index contributed by atoms with van der Waals surface area (Å²) in [5.41, 5.74) is 4.39. The van der Waals surface area contributed by atoms with Gasteiger partial charge in [-0.05, 0) is 56.7 Å². The molecule has 0 aliphatic carbocycles. The van der Waals surface area contributed by atoms with Crippen LogP contribution < -0.4 is 5.32 Å². The summed E-state index contributed by atoms with van der Waals surface area (Å²) in [5, 5.41) is 4.69. The first-order valence-electron chi connectivity index (χ1n) is 7.88. The van der Waals surface area contributed by atoms with Crippen molar-refractivity contribution in [3.05, 3.63) is 75.9 Å². The number of hydrogen-bond donors (Lipinski definition) is 1. The third kappa shape index (κ3) is 3.41. The van der Waals surface area contributed by atoms with Crippen molar-refractivity contribution < 1.29 is 4.79 Å². The van der Waals surface area contributed by atoms with Gasteiger partial charge in [-0.1, -0.05) is 35.4 Å². The Balaban J connectivity index is 1.87. The zero-order valence-electron chi connectivity index (χ0n) is 13.9. The monoisotopic (exact) mass is 338 g/mol. The number of pyridine rings is 1. The van der Waals surface area contributed by atoms with Gasteiger partial charge in [0.2, 0.25) is 0 Å². The van der Waals surface area contributed by atoms with Gasteiger partial charge in [-0.15, -0.1) is 0 Å². The van der Waals surface area contributed by atoms with Gasteiger partial charge >= 0.3 is 0 Å². The number of halogens is 1. The molecule has 0 aliphatic heterocycles. The third-order valence-corrected chi connectivity index (χ3v) is 4.38. The second-order valence-corrected chi connectivity index (χ2v) is 6.50. The van der Waals surface area contributed by atoms with Crippen molar-refractivity contribution in [2.75, 3.05) is 0 Å². The number of fused-ring (bicyclic) bond motifs is 1. The van der Waals surface area contributed by atoms with Gasteiger partial charge in [-0.3, -0.25) is 9.78 Å². The molecule has 0 spiro atoms. The number of rotatable bonds is 3. The van der Waals surface area contributed by atoms with Crippen LogP contribution in [0.25, 0.3) is 10.9 Å². The summed E-state index contributed by atoms with van der Waals surface area (Å²) >= 11 is 5.91. The second-order valence-electron chi connectivity index (χ2n) is 6.06. The molecule has 3 rings (SSSR count). The molecule has 1 unspecified atom stereocenters. The molecule has 0 aliphatic rings. The van der Waals surface area contributed by atoms with Gasteiger partial charge in [0.05, 0.1) is 22.8 Å². The van der Waals surface area contributed by atoms with Crippen molar-refractivity contribution in [2.45, 2.75) is 26.8 Å². The minimum absolute atomic E-state index is 0.109. The van der Waals surface area contributed by atoms with Crippen LogP contribution in [0.5, 0.6) is 0 Å². The summed E-state index contributed by atoms with van der Waals surface area (Å²) in [6.07, 6.45) is 0. The van der Waals surface area contributed by atoms with E-state index >= 15 is 0 Å². The number of benzene rings is 2. The van der Waals surface area contributed by atoms with E-state index in [1.165, 1.54) is 0 Å². The zero-order valence-corrected chi connectivity index (χ0v) is 14.7. The van der Waals surface area contributed by atoms with E-state index < -0.39 is 0 Å². The molecule has 122 valence electrons. The first-order valence-corrected chi connectivity index (χ1v) is 8.26. The number of aryl methyl sites for hydroxylation is 2. The van der Waals surface area contributed by atoms with Crippen LogP contribution in [0.2, 0.25) is 5.02 Å². The number of carbonyl (C=O) groups is 1. The normalized spacial score (nSPS) is 12.2. The molecule has 1 amide bonds. The molecule has 3 aromatic rings. The van der Waals surface area contributed by atoms with E-state index in [9.17, 15) is 4.79 Å². The Morgan fingerprint density at radius 3 is 2.50 bits per heavy atom. The average molecular weight is 339 g/mol. The summed E-state index contributed by atoms with van der Waals surface area (Å²) in [4.78, 5) is 17.2. The van der Waals surface area contributed by atoms with Crippen molar-refractivity contribution in [3.63, 3.8) is 0 Å². The van der Waals surface area contributed by atoms with Gasteiger partial charge in [-0.2, -0.15) is 0 Å². The Morgan fingerprint density at radius 2 is 1.79 bits per heavy atom. The molecule has 1 atom stereocenters. The molecule has 0 bridgehead atoms. The van der Waals surface area contributed by atoms with Gasteiger partial charge in [0.15, 0.2) is 0 Å². The molecule has 4 heteroatoms. The zero-order chi connectivity index (χ0) is 17.3. The molecular formula is C20H19ClN2O. The number of nitrogens with one attached hydrogen (secondary N) is 1. The van der Waals surface area contributed by atoms with Crippen LogP contribution in [-0.4, -0.2) is 10.9 Å². The highest BCUT2D eigenvalue weighted by Gasteiger charge is 2.15. The van der Waals surface area contributed by atoms with Crippen LogP contribution in [0, 0.1) is 13.8 Å². The molecular weight excluding hydrogens is 320 g/mol. The Kier molecular flexibility index (Phi) is 4.54. The lowest BCUT2D eigenvalue weighted by molar-refractivity contribution is 0.0939. The maximum absolute atomic E-state index is 12.7. The van der Waals surface area contributed by atoms with Crippen molar-refractivity contribution in [3.8, 4) is 0 Å². The molecule has 24 heavy (non-hydrogen) atoms. The largest absolute Gasteiger partial charge is 0.345 e. The van der Waals surface area contributed by atoms with Crippen molar-refractivity contribution in [1.29, 1.82) is 0 Å². The number of hydrogen-bond acceptors (Lipinski definition) is 2. The fraction of sp³-hybridized carbons (Fsp3) is 0.200. The van der Waals surface area contributed by atoms with Gasteiger partial charge in [-0.25, -0.2) is 0 Å². The molecule has 2 aromatic carbocycles. The maximum Gasteiger partial charge on any atom is 0.253 e. The topological polar surface area (TPSA) is 42.0 Å². The Labute approximate surface area is 146 Å². The highest BCUT2D eigenvalue weighted by Crippen LogP contribution is 2.20. The SMILES string of the molecule is Cc1ccc2nc(C)c(C(=O)NC(C)c3ccc(Cl)cc3)cc2c1. The van der Waals surface area contributed by atoms with E-state index in [-0.39, 0.29) is 11.9 Å². The van der Waals surface area contributed by atoms with E-state index in [1.54, 1.807) is 0 Å². The quantitative estimate of drug-likeness (QED) is 0.730. The Morgan fingerprint density at radius 1 is 1.08 bits per heavy atom. The fourth-order valence-electron chi connectivity index (χ4n) is 2.73. The van der Waals surface area contributed by atoms with Crippen LogP contribution in [0.1, 0.15) is 40.1 Å². The van der Waals surface area contributed by atoms with Crippen molar-refractivity contribution >= 4 is 28.4 Å². The van der Waals surface area contributed by atoms with E-state index in [0.717, 1.165) is 27.7 Å². The van der Waals surface area contributed by atoms with Crippen LogP contribution in [-0.2, 0) is 0 Å². The molecule has 1 heterocycles. The van der Waals surface area contributed by atoms with Crippen molar-refractivity contribution in [2.24, 2.45) is 0 Å². The predicted octanol–water partition coefficient (Wildman–Crippen LogP) is 5.00. The van der Waals surface area contributed by atoms with Gasteiger partial charge in [0.1, 0.15) is 0 Å². The van der Waals surface area contributed by atoms with Gasteiger partial charge in [0, 0.05) is 10.4 Å². The average Bonchev–Trinajstić information content (AvgIpc) is 2.55. The molecule has 1 N–H and O–H groups in total. The first kappa shape index (κ1) is 16.5. The maximum atomic E-state index is 12.7. The number of nitrogens with zero attached hydrogens (tertiary/aromatic N) is 1. The predicted molar refractivity (Wildman–Crippen MR) is 98.6 cm³/mol. The highest BCUT2D eigenvalue weighted by atomic mass is 35.5. The van der Waals surface area contributed by atoms with Crippen LogP contribution in [0.15, 0.2) is 48.5 Å². The molecule has 1 aromatic heterocycles. The lowest BCUT2D eigenvalue weighted by Crippen LogP contribution is -2.27. The Hall–Kier alpha value is -2.39. The third-order valence-electron chi connectivity index (χ3n) is 4.12. The fourth-order valence-corrected chi connectivity index (χ4v) is 2.86. The summed E-state index contributed by atoms with van der Waals surface area (Å²) in [6.45, 7) is 5.85. The van der Waals surface area contributed by atoms with Crippen molar-refractivity contribution in [1.82, 2.24) is 10.3 Å². The summed E-state index contributed by atoms with van der Waals surface area (Å²) in [5.74, 6) is -0.120. The molecule has 0 radical (unpaired) electrons. The molecule has 0 saturated carbocycles. The van der Waals surface area contributed by atoms with Crippen LogP contribution in [0.4, 0.5) is 0 Å². The summed E-state index contributed by atoms with van der Waals surface area (Å²) < 4.78 is 0.